The topological polar surface area (TPSA) is 12.5 Å². The minimum absolute atomic E-state index is 0. The highest BCUT2D eigenvalue weighted by Crippen LogP contribution is 2.21. The first-order valence-corrected chi connectivity index (χ1v) is 9.98. The maximum Gasteiger partial charge on any atom is 0.126 e. The fraction of sp³-hybridized carbons (Fsp3) is 0.417. The molecule has 1 aliphatic heterocycles. The van der Waals surface area contributed by atoms with E-state index in [2.05, 4.69) is 66.4 Å². The van der Waals surface area contributed by atoms with Gasteiger partial charge in [-0.05, 0) is 56.3 Å². The molecule has 0 radical (unpaired) electrons. The van der Waals surface area contributed by atoms with Crippen LogP contribution in [0.25, 0.3) is 12.2 Å². The van der Waals surface area contributed by atoms with Crippen LogP contribution in [-0.2, 0) is 0 Å². The van der Waals surface area contributed by atoms with Gasteiger partial charge in [-0.25, -0.2) is 0 Å². The summed E-state index contributed by atoms with van der Waals surface area (Å²) < 4.78 is 6.07. The number of hydrogen-bond donors (Lipinski definition) is 0. The Morgan fingerprint density at radius 3 is 2.59 bits per heavy atom. The van der Waals surface area contributed by atoms with Crippen LogP contribution in [-0.4, -0.2) is 31.1 Å². The molecule has 146 valence electrons. The van der Waals surface area contributed by atoms with Crippen molar-refractivity contribution < 1.29 is 4.74 Å². The molecule has 1 saturated heterocycles. The molecule has 0 N–H and O–H groups in total. The van der Waals surface area contributed by atoms with Gasteiger partial charge in [0.1, 0.15) is 5.75 Å². The van der Waals surface area contributed by atoms with E-state index in [0.717, 1.165) is 30.3 Å². The van der Waals surface area contributed by atoms with Crippen LogP contribution in [0.2, 0.25) is 0 Å². The summed E-state index contributed by atoms with van der Waals surface area (Å²) in [4.78, 5) is 2.62. The van der Waals surface area contributed by atoms with Crippen molar-refractivity contribution in [2.24, 2.45) is 5.92 Å². The van der Waals surface area contributed by atoms with Crippen LogP contribution in [0.3, 0.4) is 0 Å². The van der Waals surface area contributed by atoms with E-state index < -0.39 is 0 Å². The van der Waals surface area contributed by atoms with Crippen LogP contribution in [0.4, 0.5) is 0 Å². The molecule has 1 heterocycles. The van der Waals surface area contributed by atoms with Crippen molar-refractivity contribution in [1.29, 1.82) is 0 Å². The normalized spacial score (nSPS) is 17.6. The third kappa shape index (κ3) is 7.40. The van der Waals surface area contributed by atoms with Crippen LogP contribution in [0.15, 0.2) is 54.6 Å². The van der Waals surface area contributed by atoms with Gasteiger partial charge in [0.2, 0.25) is 0 Å². The molecule has 0 aromatic heterocycles. The number of piperidine rings is 1. The third-order valence-electron chi connectivity index (χ3n) is 5.04. The van der Waals surface area contributed by atoms with Gasteiger partial charge in [0.15, 0.2) is 0 Å². The second-order valence-electron chi connectivity index (χ2n) is 7.39. The maximum absolute atomic E-state index is 6.07. The molecule has 0 amide bonds. The van der Waals surface area contributed by atoms with Gasteiger partial charge >= 0.3 is 0 Å². The van der Waals surface area contributed by atoms with E-state index >= 15 is 0 Å². The van der Waals surface area contributed by atoms with Gasteiger partial charge in [-0.15, -0.1) is 12.4 Å². The van der Waals surface area contributed by atoms with Crippen LogP contribution in [0, 0.1) is 5.92 Å². The fourth-order valence-corrected chi connectivity index (χ4v) is 3.61. The summed E-state index contributed by atoms with van der Waals surface area (Å²) in [5.74, 6) is 1.84. The van der Waals surface area contributed by atoms with E-state index in [0.29, 0.717) is 0 Å². The third-order valence-corrected chi connectivity index (χ3v) is 5.04. The molecule has 2 aromatic rings. The molecular weight excluding hydrogens is 354 g/mol. The van der Waals surface area contributed by atoms with Crippen LogP contribution in [0.5, 0.6) is 5.75 Å². The first-order chi connectivity index (χ1) is 12.8. The van der Waals surface area contributed by atoms with Crippen molar-refractivity contribution in [2.45, 2.75) is 32.6 Å². The highest BCUT2D eigenvalue weighted by Gasteiger charge is 2.15. The molecule has 2 aromatic carbocycles. The van der Waals surface area contributed by atoms with Crippen LogP contribution < -0.4 is 4.74 Å². The first-order valence-electron chi connectivity index (χ1n) is 9.98. The summed E-state index contributed by atoms with van der Waals surface area (Å²) in [7, 11) is 0. The van der Waals surface area contributed by atoms with Gasteiger partial charge in [-0.2, -0.15) is 0 Å². The van der Waals surface area contributed by atoms with Gasteiger partial charge in [0, 0.05) is 12.1 Å². The van der Waals surface area contributed by atoms with Gasteiger partial charge < -0.3 is 9.64 Å². The van der Waals surface area contributed by atoms with Crippen molar-refractivity contribution in [3.63, 3.8) is 0 Å². The van der Waals surface area contributed by atoms with Gasteiger partial charge in [-0.3, -0.25) is 0 Å². The standard InChI is InChI=1S/C24H31NO.ClH/c1-21-10-9-18-25(20-21)17-7-8-19-26-24-14-6-5-13-23(24)16-15-22-11-3-2-4-12-22;/h2-6,11-16,21H,7-10,17-20H2,1H3;1H/b16-15+;. The van der Waals surface area contributed by atoms with Crippen LogP contribution in [0.1, 0.15) is 43.7 Å². The average molecular weight is 386 g/mol. The van der Waals surface area contributed by atoms with E-state index in [1.807, 2.05) is 12.1 Å². The molecule has 0 aliphatic carbocycles. The lowest BCUT2D eigenvalue weighted by Crippen LogP contribution is -2.35. The number of para-hydroxylation sites is 1. The first kappa shape index (κ1) is 21.5. The predicted octanol–water partition coefficient (Wildman–Crippen LogP) is 6.17. The number of ether oxygens (including phenoxy) is 1. The number of benzene rings is 2. The lowest BCUT2D eigenvalue weighted by Gasteiger charge is -2.30. The van der Waals surface area contributed by atoms with E-state index in [1.54, 1.807) is 0 Å². The minimum Gasteiger partial charge on any atom is -0.493 e. The summed E-state index contributed by atoms with van der Waals surface area (Å²) in [6.45, 7) is 6.92. The Morgan fingerprint density at radius 1 is 1.00 bits per heavy atom. The molecule has 1 aliphatic rings. The molecule has 1 atom stereocenters. The second kappa shape index (κ2) is 11.8. The lowest BCUT2D eigenvalue weighted by atomic mass is 10.0. The largest absolute Gasteiger partial charge is 0.493 e. The summed E-state index contributed by atoms with van der Waals surface area (Å²) >= 11 is 0. The zero-order valence-corrected chi connectivity index (χ0v) is 17.2. The monoisotopic (exact) mass is 385 g/mol. The van der Waals surface area contributed by atoms with Crippen molar-refractivity contribution in [3.8, 4) is 5.75 Å². The molecule has 1 unspecified atom stereocenters. The smallest absolute Gasteiger partial charge is 0.126 e. The Morgan fingerprint density at radius 2 is 1.78 bits per heavy atom. The van der Waals surface area contributed by atoms with Gasteiger partial charge in [0.05, 0.1) is 6.61 Å². The summed E-state index contributed by atoms with van der Waals surface area (Å²) in [5.41, 5.74) is 2.35. The maximum atomic E-state index is 6.07. The molecule has 3 rings (SSSR count). The number of halogens is 1. The molecule has 0 bridgehead atoms. The summed E-state index contributed by atoms with van der Waals surface area (Å²) in [6, 6.07) is 18.7. The van der Waals surface area contributed by atoms with E-state index in [9.17, 15) is 0 Å². The molecular formula is C24H32ClNO. The molecule has 0 saturated carbocycles. The zero-order chi connectivity index (χ0) is 18.0. The van der Waals surface area contributed by atoms with Crippen molar-refractivity contribution in [2.75, 3.05) is 26.2 Å². The Bertz CT molecular complexity index is 686. The Kier molecular flexibility index (Phi) is 9.44. The summed E-state index contributed by atoms with van der Waals surface area (Å²) in [6.07, 6.45) is 9.36. The number of rotatable bonds is 8. The van der Waals surface area contributed by atoms with E-state index in [4.69, 9.17) is 4.74 Å². The van der Waals surface area contributed by atoms with Crippen molar-refractivity contribution in [3.05, 3.63) is 65.7 Å². The number of likely N-dealkylation sites (tertiary alicyclic amines) is 1. The van der Waals surface area contributed by atoms with E-state index in [-0.39, 0.29) is 12.4 Å². The molecule has 3 heteroatoms. The molecule has 2 nitrogen and oxygen atoms in total. The molecule has 0 spiro atoms. The zero-order valence-electron chi connectivity index (χ0n) is 16.3. The SMILES string of the molecule is CC1CCCN(CCCCOc2ccccc2/C=C/c2ccccc2)C1.Cl. The number of nitrogens with zero attached hydrogens (tertiary/aromatic N) is 1. The number of hydrogen-bond acceptors (Lipinski definition) is 2. The van der Waals surface area contributed by atoms with Gasteiger partial charge in [-0.1, -0.05) is 67.6 Å². The van der Waals surface area contributed by atoms with Crippen molar-refractivity contribution in [1.82, 2.24) is 4.90 Å². The molecule has 1 fully saturated rings. The Labute approximate surface area is 170 Å². The summed E-state index contributed by atoms with van der Waals surface area (Å²) in [5, 5.41) is 0. The minimum atomic E-state index is 0. The van der Waals surface area contributed by atoms with E-state index in [1.165, 1.54) is 44.5 Å². The predicted molar refractivity (Wildman–Crippen MR) is 119 cm³/mol. The highest BCUT2D eigenvalue weighted by molar-refractivity contribution is 5.85. The second-order valence-corrected chi connectivity index (χ2v) is 7.39. The van der Waals surface area contributed by atoms with Crippen molar-refractivity contribution >= 4 is 24.6 Å². The lowest BCUT2D eigenvalue weighted by molar-refractivity contribution is 0.177. The Hall–Kier alpha value is -1.77. The molecule has 27 heavy (non-hydrogen) atoms. The number of unbranched alkanes of at least 4 members (excludes halogenated alkanes) is 1. The van der Waals surface area contributed by atoms with Gasteiger partial charge in [0.25, 0.3) is 0 Å². The fourth-order valence-electron chi connectivity index (χ4n) is 3.61. The average Bonchev–Trinajstić information content (AvgIpc) is 2.68. The highest BCUT2D eigenvalue weighted by atomic mass is 35.5. The quantitative estimate of drug-likeness (QED) is 0.398. The van der Waals surface area contributed by atoms with Crippen LogP contribution >= 0.6 is 12.4 Å². The Balaban J connectivity index is 0.00000261.